The van der Waals surface area contributed by atoms with Crippen molar-refractivity contribution in [3.8, 4) is 0 Å². The Kier molecular flexibility index (Phi) is 6.68. The molecule has 0 aromatic rings. The largest absolute Gasteiger partial charge is 0.480 e. The zero-order valence-corrected chi connectivity index (χ0v) is 12.3. The van der Waals surface area contributed by atoms with Crippen molar-refractivity contribution < 1.29 is 24.2 Å². The van der Waals surface area contributed by atoms with Crippen molar-refractivity contribution in [3.63, 3.8) is 0 Å². The topological polar surface area (TPSA) is 105 Å². The quantitative estimate of drug-likeness (QED) is 0.549. The van der Waals surface area contributed by atoms with Gasteiger partial charge in [0, 0.05) is 5.75 Å². The molecule has 0 saturated heterocycles. The molecule has 7 nitrogen and oxygen atoms in total. The molecule has 0 aliphatic rings. The third kappa shape index (κ3) is 7.55. The van der Waals surface area contributed by atoms with Crippen LogP contribution in [0.25, 0.3) is 0 Å². The van der Waals surface area contributed by atoms with Gasteiger partial charge in [-0.15, -0.1) is 0 Å². The Hall–Kier alpha value is -1.44. The highest BCUT2D eigenvalue weighted by Gasteiger charge is 2.24. The van der Waals surface area contributed by atoms with Crippen molar-refractivity contribution >= 4 is 30.6 Å². The van der Waals surface area contributed by atoms with Crippen LogP contribution in [0.4, 0.5) is 4.79 Å². The first-order valence-corrected chi connectivity index (χ1v) is 6.33. The van der Waals surface area contributed by atoms with Gasteiger partial charge in [0.25, 0.3) is 0 Å². The summed E-state index contributed by atoms with van der Waals surface area (Å²) in [5.74, 6) is -1.85. The maximum atomic E-state index is 11.6. The van der Waals surface area contributed by atoms with Gasteiger partial charge in [-0.2, -0.15) is 12.6 Å². The summed E-state index contributed by atoms with van der Waals surface area (Å²) in [6.45, 7) is 6.51. The number of thiol groups is 1. The number of rotatable bonds is 5. The molecule has 2 atom stereocenters. The van der Waals surface area contributed by atoms with Gasteiger partial charge in [-0.1, -0.05) is 0 Å². The zero-order chi connectivity index (χ0) is 15.2. The summed E-state index contributed by atoms with van der Waals surface area (Å²) in [5, 5.41) is 13.3. The third-order valence-corrected chi connectivity index (χ3v) is 2.29. The molecule has 0 aliphatic carbocycles. The van der Waals surface area contributed by atoms with E-state index in [0.29, 0.717) is 0 Å². The Morgan fingerprint density at radius 1 is 1.26 bits per heavy atom. The Labute approximate surface area is 117 Å². The minimum Gasteiger partial charge on any atom is -0.480 e. The SMILES string of the molecule is C[C@H](NC(=O)OC(C)(C)C)C(=O)N[C@@H](CS)C(=O)O. The molecule has 0 heterocycles. The Morgan fingerprint density at radius 2 is 1.79 bits per heavy atom. The number of carbonyl (C=O) groups excluding carboxylic acids is 2. The van der Waals surface area contributed by atoms with Gasteiger partial charge in [0.2, 0.25) is 5.91 Å². The highest BCUT2D eigenvalue weighted by Crippen LogP contribution is 2.06. The summed E-state index contributed by atoms with van der Waals surface area (Å²) >= 11 is 3.82. The molecular formula is C11H20N2O5S. The molecule has 2 amide bonds. The van der Waals surface area contributed by atoms with Crippen LogP contribution >= 0.6 is 12.6 Å². The average Bonchev–Trinajstić information content (AvgIpc) is 2.21. The highest BCUT2D eigenvalue weighted by molar-refractivity contribution is 7.80. The van der Waals surface area contributed by atoms with Crippen LogP contribution in [0, 0.1) is 0 Å². The van der Waals surface area contributed by atoms with Crippen LogP contribution in [0.15, 0.2) is 0 Å². The molecule has 19 heavy (non-hydrogen) atoms. The number of hydrogen-bond acceptors (Lipinski definition) is 5. The van der Waals surface area contributed by atoms with Crippen LogP contribution in [-0.4, -0.2) is 46.5 Å². The first kappa shape index (κ1) is 17.6. The van der Waals surface area contributed by atoms with Gasteiger partial charge in [-0.25, -0.2) is 9.59 Å². The Morgan fingerprint density at radius 3 is 2.16 bits per heavy atom. The molecule has 0 spiro atoms. The van der Waals surface area contributed by atoms with Crippen LogP contribution in [0.5, 0.6) is 0 Å². The fraction of sp³-hybridized carbons (Fsp3) is 0.727. The van der Waals surface area contributed by atoms with Gasteiger partial charge in [0.05, 0.1) is 0 Å². The fourth-order valence-electron chi connectivity index (χ4n) is 1.03. The van der Waals surface area contributed by atoms with Crippen molar-refractivity contribution in [2.24, 2.45) is 0 Å². The second-order valence-corrected chi connectivity index (χ2v) is 5.32. The van der Waals surface area contributed by atoms with Gasteiger partial charge >= 0.3 is 12.1 Å². The van der Waals surface area contributed by atoms with Crippen molar-refractivity contribution in [2.75, 3.05) is 5.75 Å². The number of carboxylic acid groups (broad SMARTS) is 1. The van der Waals surface area contributed by atoms with E-state index >= 15 is 0 Å². The molecule has 0 saturated carbocycles. The van der Waals surface area contributed by atoms with E-state index in [0.717, 1.165) is 0 Å². The van der Waals surface area contributed by atoms with E-state index < -0.39 is 35.7 Å². The lowest BCUT2D eigenvalue weighted by Crippen LogP contribution is -2.51. The summed E-state index contributed by atoms with van der Waals surface area (Å²) in [6.07, 6.45) is -0.743. The van der Waals surface area contributed by atoms with Crippen molar-refractivity contribution in [1.82, 2.24) is 10.6 Å². The minimum atomic E-state index is -1.19. The van der Waals surface area contributed by atoms with Crippen LogP contribution in [0.3, 0.4) is 0 Å². The lowest BCUT2D eigenvalue weighted by Gasteiger charge is -2.22. The fourth-order valence-corrected chi connectivity index (χ4v) is 1.28. The van der Waals surface area contributed by atoms with E-state index in [9.17, 15) is 14.4 Å². The van der Waals surface area contributed by atoms with E-state index in [1.165, 1.54) is 6.92 Å². The lowest BCUT2D eigenvalue weighted by molar-refractivity contribution is -0.141. The maximum absolute atomic E-state index is 11.6. The van der Waals surface area contributed by atoms with E-state index in [-0.39, 0.29) is 5.75 Å². The van der Waals surface area contributed by atoms with Gasteiger partial charge in [0.1, 0.15) is 17.7 Å². The number of hydrogen-bond donors (Lipinski definition) is 4. The predicted molar refractivity (Wildman–Crippen MR) is 72.3 cm³/mol. The molecule has 0 rings (SSSR count). The van der Waals surface area contributed by atoms with E-state index in [4.69, 9.17) is 9.84 Å². The van der Waals surface area contributed by atoms with Crippen LogP contribution in [-0.2, 0) is 14.3 Å². The first-order chi connectivity index (χ1) is 8.56. The van der Waals surface area contributed by atoms with Crippen molar-refractivity contribution in [2.45, 2.75) is 45.4 Å². The number of ether oxygens (including phenoxy) is 1. The standard InChI is InChI=1S/C11H20N2O5S/c1-6(12-10(17)18-11(2,3)4)8(14)13-7(5-19)9(15)16/h6-7,19H,5H2,1-4H3,(H,12,17)(H,13,14)(H,15,16)/t6-,7-/m0/s1. The van der Waals surface area contributed by atoms with Crippen LogP contribution < -0.4 is 10.6 Å². The maximum Gasteiger partial charge on any atom is 0.408 e. The van der Waals surface area contributed by atoms with Gasteiger partial charge < -0.3 is 20.5 Å². The van der Waals surface area contributed by atoms with Gasteiger partial charge in [0.15, 0.2) is 0 Å². The molecule has 3 N–H and O–H groups in total. The molecule has 0 fully saturated rings. The molecule has 0 aromatic carbocycles. The Balaban J connectivity index is 4.35. The lowest BCUT2D eigenvalue weighted by atomic mass is 10.2. The summed E-state index contributed by atoms with van der Waals surface area (Å²) in [7, 11) is 0. The number of carboxylic acids is 1. The van der Waals surface area contributed by atoms with Gasteiger partial charge in [-0.3, -0.25) is 4.79 Å². The second kappa shape index (κ2) is 7.22. The summed E-state index contributed by atoms with van der Waals surface area (Å²) < 4.78 is 4.98. The smallest absolute Gasteiger partial charge is 0.408 e. The number of amides is 2. The zero-order valence-electron chi connectivity index (χ0n) is 11.4. The summed E-state index contributed by atoms with van der Waals surface area (Å²) in [4.78, 5) is 33.8. The van der Waals surface area contributed by atoms with E-state index in [1.807, 2.05) is 0 Å². The predicted octanol–water partition coefficient (Wildman–Crippen LogP) is 0.399. The number of nitrogens with one attached hydrogen (secondary N) is 2. The summed E-state index contributed by atoms with van der Waals surface area (Å²) in [6, 6.07) is -2.00. The molecule has 8 heteroatoms. The second-order valence-electron chi connectivity index (χ2n) is 4.95. The van der Waals surface area contributed by atoms with Crippen LogP contribution in [0.1, 0.15) is 27.7 Å². The monoisotopic (exact) mass is 292 g/mol. The summed E-state index contributed by atoms with van der Waals surface area (Å²) in [5.41, 5.74) is -0.672. The normalized spacial score (nSPS) is 14.2. The Bertz CT molecular complexity index is 353. The van der Waals surface area contributed by atoms with Crippen molar-refractivity contribution in [1.29, 1.82) is 0 Å². The average molecular weight is 292 g/mol. The first-order valence-electron chi connectivity index (χ1n) is 5.70. The number of alkyl carbamates (subject to hydrolysis) is 1. The molecule has 0 aromatic heterocycles. The van der Waals surface area contributed by atoms with Crippen molar-refractivity contribution in [3.05, 3.63) is 0 Å². The number of carbonyl (C=O) groups is 3. The molecule has 0 bridgehead atoms. The molecule has 0 radical (unpaired) electrons. The molecule has 110 valence electrons. The molecule has 0 aliphatic heterocycles. The molecule has 0 unspecified atom stereocenters. The molecular weight excluding hydrogens is 272 g/mol. The van der Waals surface area contributed by atoms with Crippen LogP contribution in [0.2, 0.25) is 0 Å². The number of aliphatic carboxylic acids is 1. The highest BCUT2D eigenvalue weighted by atomic mass is 32.1. The van der Waals surface area contributed by atoms with E-state index in [2.05, 4.69) is 23.3 Å². The van der Waals surface area contributed by atoms with E-state index in [1.54, 1.807) is 20.8 Å². The van der Waals surface area contributed by atoms with Gasteiger partial charge in [-0.05, 0) is 27.7 Å². The third-order valence-electron chi connectivity index (χ3n) is 1.92. The minimum absolute atomic E-state index is 0.0414.